The van der Waals surface area contributed by atoms with Gasteiger partial charge in [-0.25, -0.2) is 8.42 Å². The molecule has 0 aromatic heterocycles. The van der Waals surface area contributed by atoms with Gasteiger partial charge in [0.15, 0.2) is 15.6 Å². The Morgan fingerprint density at radius 2 is 1.62 bits per heavy atom. The lowest BCUT2D eigenvalue weighted by Crippen LogP contribution is -2.60. The van der Waals surface area contributed by atoms with E-state index in [9.17, 15) is 10.3 Å². The molecule has 3 unspecified atom stereocenters. The van der Waals surface area contributed by atoms with Crippen molar-refractivity contribution < 1.29 is 22.1 Å². The van der Waals surface area contributed by atoms with Gasteiger partial charge in [-0.3, -0.25) is 4.79 Å². The minimum atomic E-state index is -4.23. The largest absolute Gasteiger partial charge is 0.547 e. The van der Waals surface area contributed by atoms with Crippen LogP contribution in [0.2, 0.25) is 34.8 Å². The molecule has 4 atom stereocenters. The molecular formula is C34H59N3O5SSi2. The summed E-state index contributed by atoms with van der Waals surface area (Å²) in [4.78, 5) is 17.7. The number of hydrogen-bond donors (Lipinski definition) is 0. The van der Waals surface area contributed by atoms with Crippen molar-refractivity contribution in [1.29, 1.82) is 0 Å². The third kappa shape index (κ3) is 8.15. The number of rotatable bonds is 15. The van der Waals surface area contributed by atoms with Crippen LogP contribution in [-0.4, -0.2) is 48.2 Å². The number of azide groups is 1. The lowest BCUT2D eigenvalue weighted by Gasteiger charge is -2.49. The molecule has 1 aromatic rings. The Balaban J connectivity index is 2.85. The number of ketones is 1. The van der Waals surface area contributed by atoms with Gasteiger partial charge in [0.1, 0.15) is 4.75 Å². The van der Waals surface area contributed by atoms with E-state index >= 15 is 8.42 Å². The molecule has 8 nitrogen and oxygen atoms in total. The highest BCUT2D eigenvalue weighted by atomic mass is 32.2. The molecule has 1 aliphatic rings. The third-order valence-corrected chi connectivity index (χ3v) is 23.7. The topological polar surface area (TPSA) is 118 Å². The number of nitrogens with zero attached hydrogens (tertiary/aromatic N) is 3. The predicted octanol–water partition coefficient (Wildman–Crippen LogP) is 10.0. The second kappa shape index (κ2) is 14.9. The normalized spacial score (nSPS) is 22.4. The minimum Gasteiger partial charge on any atom is -0.547 e. The number of allylic oxidation sites excluding steroid dienone is 1. The van der Waals surface area contributed by atoms with E-state index in [0.717, 1.165) is 0 Å². The molecule has 0 aliphatic heterocycles. The van der Waals surface area contributed by atoms with Gasteiger partial charge < -0.3 is 8.85 Å². The Morgan fingerprint density at radius 1 is 1.09 bits per heavy atom. The third-order valence-electron chi connectivity index (χ3n) is 10.5. The van der Waals surface area contributed by atoms with Crippen LogP contribution in [-0.2, 0) is 23.5 Å². The van der Waals surface area contributed by atoms with E-state index in [1.165, 1.54) is 0 Å². The van der Waals surface area contributed by atoms with Gasteiger partial charge in [-0.1, -0.05) is 99.1 Å². The van der Waals surface area contributed by atoms with Crippen LogP contribution in [0.3, 0.4) is 0 Å². The maximum absolute atomic E-state index is 15.0. The quantitative estimate of drug-likeness (QED) is 0.0602. The van der Waals surface area contributed by atoms with Crippen molar-refractivity contribution in [2.45, 2.75) is 145 Å². The first-order valence-electron chi connectivity index (χ1n) is 16.5. The lowest BCUT2D eigenvalue weighted by molar-refractivity contribution is -0.127. The van der Waals surface area contributed by atoms with E-state index in [-0.39, 0.29) is 64.1 Å². The number of carbonyl (C=O) groups is 1. The first kappa shape index (κ1) is 39.3. The van der Waals surface area contributed by atoms with Crippen LogP contribution in [0.5, 0.6) is 0 Å². The Labute approximate surface area is 275 Å². The Morgan fingerprint density at radius 3 is 2.09 bits per heavy atom. The molecule has 1 aliphatic carbocycles. The second-order valence-electron chi connectivity index (χ2n) is 15.7. The molecule has 0 radical (unpaired) electrons. The summed E-state index contributed by atoms with van der Waals surface area (Å²) >= 11 is 0. The van der Waals surface area contributed by atoms with E-state index < -0.39 is 43.2 Å². The highest BCUT2D eigenvalue weighted by Crippen LogP contribution is 2.51. The zero-order chi connectivity index (χ0) is 34.6. The van der Waals surface area contributed by atoms with E-state index in [1.807, 2.05) is 6.92 Å². The van der Waals surface area contributed by atoms with Crippen molar-refractivity contribution in [2.24, 2.45) is 17.0 Å². The maximum Gasteiger partial charge on any atom is 0.250 e. The van der Waals surface area contributed by atoms with Gasteiger partial charge in [0.2, 0.25) is 16.6 Å². The first-order chi connectivity index (χ1) is 20.6. The fourth-order valence-corrected chi connectivity index (χ4v) is 16.4. The molecule has 1 fully saturated rings. The Kier molecular flexibility index (Phi) is 13.0. The summed E-state index contributed by atoms with van der Waals surface area (Å²) in [6.45, 7) is 29.9. The molecule has 1 saturated carbocycles. The van der Waals surface area contributed by atoms with Crippen LogP contribution in [0.15, 0.2) is 52.7 Å². The SMILES string of the molecule is C=C(CC1CC(C)CC(=O)C1(C[C@H](CN=[N+]=[N-])O[Si](C(C)C)(C(C)C)C(C)C)S(=O)(=O)c1ccccc1)O[Si](C)(C)C(C)(C)C. The Hall–Kier alpha value is -1.92. The zero-order valence-corrected chi connectivity index (χ0v) is 32.7. The van der Waals surface area contributed by atoms with Crippen LogP contribution in [0.1, 0.15) is 94.9 Å². The van der Waals surface area contributed by atoms with Gasteiger partial charge in [-0.2, -0.15) is 0 Å². The van der Waals surface area contributed by atoms with E-state index in [2.05, 4.69) is 92.0 Å². The number of hydrogen-bond acceptors (Lipinski definition) is 6. The summed E-state index contributed by atoms with van der Waals surface area (Å²) in [6.07, 6.45) is 0.0610. The predicted molar refractivity (Wildman–Crippen MR) is 190 cm³/mol. The van der Waals surface area contributed by atoms with Crippen LogP contribution in [0.4, 0.5) is 0 Å². The van der Waals surface area contributed by atoms with Crippen LogP contribution in [0.25, 0.3) is 10.4 Å². The van der Waals surface area contributed by atoms with E-state index in [0.29, 0.717) is 12.2 Å². The van der Waals surface area contributed by atoms with Crippen molar-refractivity contribution in [2.75, 3.05) is 6.54 Å². The van der Waals surface area contributed by atoms with Crippen LogP contribution < -0.4 is 0 Å². The van der Waals surface area contributed by atoms with Crippen molar-refractivity contribution in [3.8, 4) is 0 Å². The number of Topliss-reactive ketones (excluding diaryl/α,β-unsaturated/α-hetero) is 1. The highest BCUT2D eigenvalue weighted by molar-refractivity contribution is 7.93. The number of carbonyl (C=O) groups excluding carboxylic acids is 1. The lowest BCUT2D eigenvalue weighted by atomic mass is 9.69. The number of benzene rings is 1. The standard InChI is InChI=1S/C34H59N3O5SSi2/c1-24(2)45(25(3)4,26(5)6)42-30(23-36-37-35)22-34(43(39,40)31-17-15-14-16-18-31)29(19-27(7)20-32(34)38)21-28(8)41-44(12,13)33(9,10)11/h14-18,24-27,29-30H,8,19-23H2,1-7,9-13H3/t27?,29?,30-,34?/m1/s1. The molecule has 11 heteroatoms. The van der Waals surface area contributed by atoms with E-state index in [1.54, 1.807) is 30.3 Å². The molecule has 0 heterocycles. The summed E-state index contributed by atoms with van der Waals surface area (Å²) in [5.41, 5.74) is 10.0. The molecular weight excluding hydrogens is 619 g/mol. The van der Waals surface area contributed by atoms with Crippen LogP contribution >= 0.6 is 0 Å². The smallest absolute Gasteiger partial charge is 0.250 e. The molecule has 1 aromatic carbocycles. The molecule has 2 rings (SSSR count). The summed E-state index contributed by atoms with van der Waals surface area (Å²) < 4.78 is 41.9. The van der Waals surface area contributed by atoms with Gasteiger partial charge in [0, 0.05) is 17.8 Å². The van der Waals surface area contributed by atoms with Crippen LogP contribution in [0, 0.1) is 11.8 Å². The van der Waals surface area contributed by atoms with Gasteiger partial charge in [-0.15, -0.1) is 0 Å². The fourth-order valence-electron chi connectivity index (χ4n) is 7.43. The molecule has 0 saturated heterocycles. The molecule has 254 valence electrons. The molecule has 0 amide bonds. The minimum absolute atomic E-state index is 0.00535. The summed E-state index contributed by atoms with van der Waals surface area (Å²) in [5, 5.41) is 3.84. The van der Waals surface area contributed by atoms with Gasteiger partial charge in [-0.05, 0) is 77.1 Å². The van der Waals surface area contributed by atoms with E-state index in [4.69, 9.17) is 8.85 Å². The summed E-state index contributed by atoms with van der Waals surface area (Å²) in [7, 11) is -9.07. The zero-order valence-electron chi connectivity index (χ0n) is 29.9. The number of sulfone groups is 1. The molecule has 0 N–H and O–H groups in total. The molecule has 0 bridgehead atoms. The monoisotopic (exact) mass is 677 g/mol. The summed E-state index contributed by atoms with van der Waals surface area (Å²) in [5.74, 6) is -0.393. The van der Waals surface area contributed by atoms with Gasteiger partial charge >= 0.3 is 0 Å². The average Bonchev–Trinajstić information content (AvgIpc) is 2.90. The summed E-state index contributed by atoms with van der Waals surface area (Å²) in [6, 6.07) is 8.28. The van der Waals surface area contributed by atoms with Crippen molar-refractivity contribution in [3.05, 3.63) is 53.1 Å². The fraction of sp³-hybridized carbons (Fsp3) is 0.735. The van der Waals surface area contributed by atoms with Crippen molar-refractivity contribution in [1.82, 2.24) is 0 Å². The highest BCUT2D eigenvalue weighted by Gasteiger charge is 2.60. The first-order valence-corrected chi connectivity index (χ1v) is 23.0. The van der Waals surface area contributed by atoms with Gasteiger partial charge in [0.05, 0.1) is 23.3 Å². The van der Waals surface area contributed by atoms with Crippen molar-refractivity contribution >= 4 is 32.3 Å². The Bertz CT molecular complexity index is 1310. The second-order valence-corrected chi connectivity index (χ2v) is 28.0. The molecule has 45 heavy (non-hydrogen) atoms. The molecule has 0 spiro atoms. The van der Waals surface area contributed by atoms with Crippen molar-refractivity contribution in [3.63, 3.8) is 0 Å². The average molecular weight is 678 g/mol. The maximum atomic E-state index is 15.0. The van der Waals surface area contributed by atoms with Gasteiger partial charge in [0.25, 0.3) is 0 Å².